The van der Waals surface area contributed by atoms with Gasteiger partial charge in [0.1, 0.15) is 0 Å². The lowest BCUT2D eigenvalue weighted by Gasteiger charge is -2.34. The molecule has 0 unspecified atom stereocenters. The molecule has 1 aliphatic carbocycles. The minimum Gasteiger partial charge on any atom is -0.297 e. The molecule has 0 N–H and O–H groups in total. The van der Waals surface area contributed by atoms with E-state index >= 15 is 0 Å². The van der Waals surface area contributed by atoms with Crippen molar-refractivity contribution in [3.05, 3.63) is 21.9 Å². The van der Waals surface area contributed by atoms with Crippen molar-refractivity contribution in [1.29, 1.82) is 0 Å². The Labute approximate surface area is 101 Å². The van der Waals surface area contributed by atoms with Crippen molar-refractivity contribution < 1.29 is 4.79 Å². The second-order valence-electron chi connectivity index (χ2n) is 4.85. The monoisotopic (exact) mass is 237 g/mol. The van der Waals surface area contributed by atoms with Gasteiger partial charge in [-0.1, -0.05) is 12.8 Å². The zero-order valence-electron chi connectivity index (χ0n) is 10.2. The van der Waals surface area contributed by atoms with Crippen LogP contribution in [-0.2, 0) is 0 Å². The van der Waals surface area contributed by atoms with E-state index in [0.29, 0.717) is 5.78 Å². The molecule has 2 rings (SSSR count). The van der Waals surface area contributed by atoms with Crippen molar-refractivity contribution in [3.63, 3.8) is 0 Å². The first-order valence-electron chi connectivity index (χ1n) is 5.84. The number of Topliss-reactive ketones (excluding diaryl/α,β-unsaturated/α-hetero) is 1. The van der Waals surface area contributed by atoms with Crippen LogP contribution in [0.2, 0.25) is 0 Å². The zero-order chi connectivity index (χ0) is 11.8. The molecule has 0 atom stereocenters. The molecule has 1 saturated carbocycles. The van der Waals surface area contributed by atoms with Crippen molar-refractivity contribution in [3.8, 4) is 0 Å². The molecule has 0 bridgehead atoms. The molecule has 88 valence electrons. The van der Waals surface area contributed by atoms with Crippen molar-refractivity contribution in [2.75, 3.05) is 14.1 Å². The van der Waals surface area contributed by atoms with Gasteiger partial charge in [-0.2, -0.15) is 0 Å². The SMILES string of the molecule is Cc1sccc1C(=O)C1(N(C)C)CCCC1. The first-order chi connectivity index (χ1) is 7.58. The topological polar surface area (TPSA) is 20.3 Å². The summed E-state index contributed by atoms with van der Waals surface area (Å²) in [7, 11) is 4.07. The average molecular weight is 237 g/mol. The summed E-state index contributed by atoms with van der Waals surface area (Å²) in [6, 6.07) is 1.98. The molecule has 0 aliphatic heterocycles. The highest BCUT2D eigenvalue weighted by atomic mass is 32.1. The number of hydrogen-bond acceptors (Lipinski definition) is 3. The predicted octanol–water partition coefficient (Wildman–Crippen LogP) is 3.11. The number of rotatable bonds is 3. The van der Waals surface area contributed by atoms with Crippen molar-refractivity contribution >= 4 is 17.1 Å². The number of likely N-dealkylation sites (N-methyl/N-ethyl adjacent to an activating group) is 1. The Hall–Kier alpha value is -0.670. The fourth-order valence-corrected chi connectivity index (χ4v) is 3.40. The maximum atomic E-state index is 12.7. The lowest BCUT2D eigenvalue weighted by molar-refractivity contribution is 0.0693. The summed E-state index contributed by atoms with van der Waals surface area (Å²) in [5.74, 6) is 0.328. The average Bonchev–Trinajstić information content (AvgIpc) is 2.85. The number of ketones is 1. The molecule has 0 aromatic carbocycles. The van der Waals surface area contributed by atoms with Crippen LogP contribution in [0, 0.1) is 6.92 Å². The molecule has 0 radical (unpaired) electrons. The molecule has 1 aromatic rings. The van der Waals surface area contributed by atoms with Gasteiger partial charge in [-0.15, -0.1) is 11.3 Å². The summed E-state index contributed by atoms with van der Waals surface area (Å²) in [4.78, 5) is 15.9. The number of thiophene rings is 1. The molecule has 0 spiro atoms. The second kappa shape index (κ2) is 4.30. The minimum absolute atomic E-state index is 0.230. The number of nitrogens with zero attached hydrogens (tertiary/aromatic N) is 1. The van der Waals surface area contributed by atoms with E-state index in [2.05, 4.69) is 4.90 Å². The summed E-state index contributed by atoms with van der Waals surface area (Å²) in [5, 5.41) is 2.01. The maximum Gasteiger partial charge on any atom is 0.184 e. The lowest BCUT2D eigenvalue weighted by atomic mass is 9.86. The molecule has 3 heteroatoms. The van der Waals surface area contributed by atoms with Gasteiger partial charge in [0, 0.05) is 10.4 Å². The third-order valence-electron chi connectivity index (χ3n) is 3.81. The van der Waals surface area contributed by atoms with Crippen LogP contribution in [0.1, 0.15) is 40.9 Å². The molecule has 1 aromatic heterocycles. The van der Waals surface area contributed by atoms with E-state index in [1.165, 1.54) is 12.8 Å². The highest BCUT2D eigenvalue weighted by Gasteiger charge is 2.43. The smallest absolute Gasteiger partial charge is 0.184 e. The fourth-order valence-electron chi connectivity index (χ4n) is 2.71. The quantitative estimate of drug-likeness (QED) is 0.753. The van der Waals surface area contributed by atoms with E-state index < -0.39 is 0 Å². The Balaban J connectivity index is 2.35. The maximum absolute atomic E-state index is 12.7. The highest BCUT2D eigenvalue weighted by molar-refractivity contribution is 7.10. The number of carbonyl (C=O) groups excluding carboxylic acids is 1. The van der Waals surface area contributed by atoms with Gasteiger partial charge in [-0.05, 0) is 45.3 Å². The van der Waals surface area contributed by atoms with Crippen LogP contribution in [0.25, 0.3) is 0 Å². The van der Waals surface area contributed by atoms with E-state index in [4.69, 9.17) is 0 Å². The van der Waals surface area contributed by atoms with Gasteiger partial charge >= 0.3 is 0 Å². The second-order valence-corrected chi connectivity index (χ2v) is 5.97. The Bertz CT molecular complexity index is 388. The molecular weight excluding hydrogens is 218 g/mol. The Morgan fingerprint density at radius 1 is 1.38 bits per heavy atom. The fraction of sp³-hybridized carbons (Fsp3) is 0.615. The summed E-state index contributed by atoms with van der Waals surface area (Å²) in [6.07, 6.45) is 4.36. The van der Waals surface area contributed by atoms with Gasteiger partial charge in [0.05, 0.1) is 5.54 Å². The minimum atomic E-state index is -0.230. The van der Waals surface area contributed by atoms with Gasteiger partial charge < -0.3 is 0 Å². The molecule has 1 aliphatic rings. The van der Waals surface area contributed by atoms with Crippen LogP contribution in [-0.4, -0.2) is 30.3 Å². The van der Waals surface area contributed by atoms with E-state index in [9.17, 15) is 4.79 Å². The van der Waals surface area contributed by atoms with E-state index in [1.54, 1.807) is 11.3 Å². The van der Waals surface area contributed by atoms with Crippen molar-refractivity contribution in [1.82, 2.24) is 4.90 Å². The summed E-state index contributed by atoms with van der Waals surface area (Å²) >= 11 is 1.66. The predicted molar refractivity (Wildman–Crippen MR) is 68.3 cm³/mol. The summed E-state index contributed by atoms with van der Waals surface area (Å²) in [5.41, 5.74) is 0.701. The molecule has 2 nitrogen and oxygen atoms in total. The van der Waals surface area contributed by atoms with Crippen molar-refractivity contribution in [2.24, 2.45) is 0 Å². The molecule has 0 saturated heterocycles. The van der Waals surface area contributed by atoms with E-state index in [-0.39, 0.29) is 5.54 Å². The van der Waals surface area contributed by atoms with Crippen LogP contribution < -0.4 is 0 Å². The largest absolute Gasteiger partial charge is 0.297 e. The lowest BCUT2D eigenvalue weighted by Crippen LogP contribution is -2.48. The molecular formula is C13H19NOS. The van der Waals surface area contributed by atoms with Gasteiger partial charge in [0.15, 0.2) is 5.78 Å². The van der Waals surface area contributed by atoms with Gasteiger partial charge in [-0.25, -0.2) is 0 Å². The zero-order valence-corrected chi connectivity index (χ0v) is 11.1. The van der Waals surface area contributed by atoms with Crippen LogP contribution in [0.15, 0.2) is 11.4 Å². The Morgan fingerprint density at radius 3 is 2.44 bits per heavy atom. The summed E-state index contributed by atoms with van der Waals surface area (Å²) < 4.78 is 0. The Morgan fingerprint density at radius 2 is 2.00 bits per heavy atom. The van der Waals surface area contributed by atoms with Crippen LogP contribution in [0.3, 0.4) is 0 Å². The standard InChI is InChI=1S/C13H19NOS/c1-10-11(6-9-16-10)12(15)13(14(2)3)7-4-5-8-13/h6,9H,4-5,7-8H2,1-3H3. The van der Waals surface area contributed by atoms with Crippen molar-refractivity contribution in [2.45, 2.75) is 38.1 Å². The van der Waals surface area contributed by atoms with E-state index in [1.807, 2.05) is 32.5 Å². The molecule has 1 fully saturated rings. The van der Waals surface area contributed by atoms with Gasteiger partial charge in [0.2, 0.25) is 0 Å². The Kier molecular flexibility index (Phi) is 3.17. The van der Waals surface area contributed by atoms with Crippen LogP contribution in [0.4, 0.5) is 0 Å². The van der Waals surface area contributed by atoms with Crippen LogP contribution in [0.5, 0.6) is 0 Å². The highest BCUT2D eigenvalue weighted by Crippen LogP contribution is 2.37. The summed E-state index contributed by atoms with van der Waals surface area (Å²) in [6.45, 7) is 2.04. The molecule has 1 heterocycles. The van der Waals surface area contributed by atoms with Crippen LogP contribution >= 0.6 is 11.3 Å². The van der Waals surface area contributed by atoms with Gasteiger partial charge in [0.25, 0.3) is 0 Å². The number of carbonyl (C=O) groups is 1. The third-order valence-corrected chi connectivity index (χ3v) is 4.66. The first kappa shape index (κ1) is 11.8. The molecule has 0 amide bonds. The van der Waals surface area contributed by atoms with E-state index in [0.717, 1.165) is 23.3 Å². The number of hydrogen-bond donors (Lipinski definition) is 0. The molecule has 16 heavy (non-hydrogen) atoms. The number of aryl methyl sites for hydroxylation is 1. The first-order valence-corrected chi connectivity index (χ1v) is 6.72. The van der Waals surface area contributed by atoms with Gasteiger partial charge in [-0.3, -0.25) is 9.69 Å². The normalized spacial score (nSPS) is 19.2. The third kappa shape index (κ3) is 1.72.